The van der Waals surface area contributed by atoms with E-state index in [9.17, 15) is 18.0 Å². The Morgan fingerprint density at radius 2 is 1.87 bits per heavy atom. The molecule has 1 aliphatic rings. The number of alkyl halides is 3. The van der Waals surface area contributed by atoms with Crippen molar-refractivity contribution in [2.75, 3.05) is 6.79 Å². The number of benzene rings is 2. The van der Waals surface area contributed by atoms with Crippen molar-refractivity contribution < 1.29 is 32.2 Å². The van der Waals surface area contributed by atoms with Crippen LogP contribution in [0.4, 0.5) is 18.9 Å². The molecule has 1 heterocycles. The highest BCUT2D eigenvalue weighted by Crippen LogP contribution is 2.40. The molecule has 3 rings (SSSR count). The minimum Gasteiger partial charge on any atom is -0.455 e. The Balaban J connectivity index is 1.94. The summed E-state index contributed by atoms with van der Waals surface area (Å²) in [5, 5.41) is 0. The van der Waals surface area contributed by atoms with Crippen molar-refractivity contribution in [3.05, 3.63) is 42.0 Å². The maximum atomic E-state index is 12.7. The van der Waals surface area contributed by atoms with E-state index in [-0.39, 0.29) is 18.2 Å². The lowest BCUT2D eigenvalue weighted by molar-refractivity contribution is -0.137. The molecule has 0 spiro atoms. The first kappa shape index (κ1) is 14.9. The second-order valence-corrected chi connectivity index (χ2v) is 4.50. The molecule has 0 aliphatic carbocycles. The molecule has 0 bridgehead atoms. The highest BCUT2D eigenvalue weighted by atomic mass is 19.4. The van der Waals surface area contributed by atoms with E-state index < -0.39 is 11.7 Å². The van der Waals surface area contributed by atoms with Crippen LogP contribution < -0.4 is 14.2 Å². The number of nitrogens with zero attached hydrogens (tertiary/aromatic N) is 1. The maximum absolute atomic E-state index is 12.7. The van der Waals surface area contributed by atoms with Gasteiger partial charge in [-0.15, -0.1) is 0 Å². The zero-order valence-corrected chi connectivity index (χ0v) is 11.4. The van der Waals surface area contributed by atoms with Crippen LogP contribution in [0.15, 0.2) is 41.4 Å². The molecule has 0 atom stereocenters. The predicted octanol–water partition coefficient (Wildman–Crippen LogP) is 4.19. The fraction of sp³-hybridized carbons (Fsp3) is 0.133. The Bertz CT molecular complexity index is 798. The Morgan fingerprint density at radius 1 is 1.09 bits per heavy atom. The van der Waals surface area contributed by atoms with Gasteiger partial charge in [0, 0.05) is 6.07 Å². The zero-order valence-electron chi connectivity index (χ0n) is 11.4. The number of fused-ring (bicyclic) bond motifs is 1. The van der Waals surface area contributed by atoms with Crippen LogP contribution in [0, 0.1) is 0 Å². The van der Waals surface area contributed by atoms with Crippen molar-refractivity contribution >= 4 is 11.8 Å². The average Bonchev–Trinajstić information content (AvgIpc) is 2.96. The van der Waals surface area contributed by atoms with Gasteiger partial charge in [0.05, 0.1) is 5.56 Å². The van der Waals surface area contributed by atoms with E-state index in [1.54, 1.807) is 12.1 Å². The van der Waals surface area contributed by atoms with Gasteiger partial charge in [-0.3, -0.25) is 0 Å². The van der Waals surface area contributed by atoms with E-state index in [2.05, 4.69) is 4.99 Å². The highest BCUT2D eigenvalue weighted by molar-refractivity contribution is 5.60. The lowest BCUT2D eigenvalue weighted by Crippen LogP contribution is -2.04. The fourth-order valence-electron chi connectivity index (χ4n) is 1.98. The Labute approximate surface area is 127 Å². The van der Waals surface area contributed by atoms with Gasteiger partial charge in [-0.05, 0) is 30.3 Å². The van der Waals surface area contributed by atoms with Gasteiger partial charge in [-0.2, -0.15) is 18.2 Å². The van der Waals surface area contributed by atoms with Crippen LogP contribution in [0.1, 0.15) is 5.56 Å². The third-order valence-corrected chi connectivity index (χ3v) is 3.02. The van der Waals surface area contributed by atoms with Crippen molar-refractivity contribution in [1.82, 2.24) is 0 Å². The number of hydrogen-bond donors (Lipinski definition) is 0. The molecule has 0 aromatic heterocycles. The third kappa shape index (κ3) is 3.12. The SMILES string of the molecule is O=C=Nc1cc(C(F)(F)F)ccc1Oc1ccc2c(c1)OCO2. The van der Waals surface area contributed by atoms with Crippen molar-refractivity contribution in [2.24, 2.45) is 4.99 Å². The average molecular weight is 323 g/mol. The molecule has 2 aromatic carbocycles. The van der Waals surface area contributed by atoms with Crippen molar-refractivity contribution in [1.29, 1.82) is 0 Å². The predicted molar refractivity (Wildman–Crippen MR) is 71.9 cm³/mol. The first-order valence-electron chi connectivity index (χ1n) is 6.34. The van der Waals surface area contributed by atoms with E-state index >= 15 is 0 Å². The lowest BCUT2D eigenvalue weighted by atomic mass is 10.2. The number of halogens is 3. The van der Waals surface area contributed by atoms with Crippen LogP contribution in [0.5, 0.6) is 23.0 Å². The summed E-state index contributed by atoms with van der Waals surface area (Å²) in [4.78, 5) is 13.7. The van der Waals surface area contributed by atoms with Crippen molar-refractivity contribution in [3.8, 4) is 23.0 Å². The molecule has 0 saturated heterocycles. The van der Waals surface area contributed by atoms with Gasteiger partial charge in [0.15, 0.2) is 17.2 Å². The number of carbonyl (C=O) groups excluding carboxylic acids is 1. The van der Waals surface area contributed by atoms with E-state index in [4.69, 9.17) is 14.2 Å². The standard InChI is InChI=1S/C15H8F3NO4/c16-15(17,18)9-1-3-12(11(5-9)19-7-20)23-10-2-4-13-14(6-10)22-8-21-13/h1-6H,8H2. The van der Waals surface area contributed by atoms with Crippen LogP contribution >= 0.6 is 0 Å². The third-order valence-electron chi connectivity index (χ3n) is 3.02. The summed E-state index contributed by atoms with van der Waals surface area (Å²) >= 11 is 0. The van der Waals surface area contributed by atoms with E-state index in [1.807, 2.05) is 0 Å². The van der Waals surface area contributed by atoms with Crippen molar-refractivity contribution in [3.63, 3.8) is 0 Å². The first-order valence-corrected chi connectivity index (χ1v) is 6.34. The maximum Gasteiger partial charge on any atom is 0.416 e. The molecule has 0 fully saturated rings. The molecule has 0 saturated carbocycles. The summed E-state index contributed by atoms with van der Waals surface area (Å²) in [5.41, 5.74) is -1.21. The van der Waals surface area contributed by atoms with Crippen LogP contribution in [0.3, 0.4) is 0 Å². The summed E-state index contributed by atoms with van der Waals surface area (Å²) in [6, 6.07) is 7.32. The van der Waals surface area contributed by atoms with Gasteiger partial charge in [0.25, 0.3) is 0 Å². The number of aliphatic imine (C=N–C) groups is 1. The molecule has 1 aliphatic heterocycles. The smallest absolute Gasteiger partial charge is 0.416 e. The van der Waals surface area contributed by atoms with Crippen molar-refractivity contribution in [2.45, 2.75) is 6.18 Å². The molecule has 0 amide bonds. The minimum atomic E-state index is -4.55. The summed E-state index contributed by atoms with van der Waals surface area (Å²) in [6.07, 6.45) is -3.34. The summed E-state index contributed by atoms with van der Waals surface area (Å²) in [7, 11) is 0. The van der Waals surface area contributed by atoms with Gasteiger partial charge >= 0.3 is 6.18 Å². The fourth-order valence-corrected chi connectivity index (χ4v) is 1.98. The minimum absolute atomic E-state index is 0.0137. The first-order chi connectivity index (χ1) is 11.0. The Morgan fingerprint density at radius 3 is 2.61 bits per heavy atom. The number of ether oxygens (including phenoxy) is 3. The van der Waals surface area contributed by atoms with E-state index in [1.165, 1.54) is 12.1 Å². The second kappa shape index (κ2) is 5.66. The Kier molecular flexibility index (Phi) is 3.67. The molecule has 0 N–H and O–H groups in total. The largest absolute Gasteiger partial charge is 0.455 e. The number of hydrogen-bond acceptors (Lipinski definition) is 5. The molecule has 23 heavy (non-hydrogen) atoms. The zero-order chi connectivity index (χ0) is 16.4. The topological polar surface area (TPSA) is 57.1 Å². The summed E-state index contributed by atoms with van der Waals surface area (Å²) in [6.45, 7) is 0.0831. The Hall–Kier alpha value is -2.99. The molecule has 5 nitrogen and oxygen atoms in total. The molecule has 0 radical (unpaired) electrons. The normalized spacial score (nSPS) is 12.7. The monoisotopic (exact) mass is 323 g/mol. The van der Waals surface area contributed by atoms with Gasteiger partial charge < -0.3 is 14.2 Å². The van der Waals surface area contributed by atoms with Gasteiger partial charge in [0.1, 0.15) is 11.4 Å². The molecule has 2 aromatic rings. The summed E-state index contributed by atoms with van der Waals surface area (Å²) in [5.74, 6) is 1.28. The van der Waals surface area contributed by atoms with E-state index in [0.717, 1.165) is 12.1 Å². The van der Waals surface area contributed by atoms with Crippen LogP contribution in [-0.2, 0) is 11.0 Å². The lowest BCUT2D eigenvalue weighted by Gasteiger charge is -2.11. The molecule has 118 valence electrons. The van der Waals surface area contributed by atoms with Crippen LogP contribution in [0.25, 0.3) is 0 Å². The molecular formula is C15H8F3NO4. The highest BCUT2D eigenvalue weighted by Gasteiger charge is 2.31. The van der Waals surface area contributed by atoms with Gasteiger partial charge in [0.2, 0.25) is 12.9 Å². The number of rotatable bonds is 3. The second-order valence-electron chi connectivity index (χ2n) is 4.50. The molecular weight excluding hydrogens is 315 g/mol. The summed E-state index contributed by atoms with van der Waals surface area (Å²) < 4.78 is 53.9. The molecule has 8 heteroatoms. The van der Waals surface area contributed by atoms with Gasteiger partial charge in [-0.25, -0.2) is 4.79 Å². The quantitative estimate of drug-likeness (QED) is 0.627. The van der Waals surface area contributed by atoms with Crippen LogP contribution in [-0.4, -0.2) is 12.9 Å². The van der Waals surface area contributed by atoms with Gasteiger partial charge in [-0.1, -0.05) is 0 Å². The van der Waals surface area contributed by atoms with E-state index in [0.29, 0.717) is 23.3 Å². The molecule has 0 unspecified atom stereocenters. The van der Waals surface area contributed by atoms with Crippen LogP contribution in [0.2, 0.25) is 0 Å². The number of isocyanates is 1.